The van der Waals surface area contributed by atoms with Crippen LogP contribution >= 0.6 is 0 Å². The number of halogens is 4. The Morgan fingerprint density at radius 3 is 2.41 bits per heavy atom. The summed E-state index contributed by atoms with van der Waals surface area (Å²) in [6.45, 7) is 0. The van der Waals surface area contributed by atoms with Crippen molar-refractivity contribution in [3.63, 3.8) is 0 Å². The van der Waals surface area contributed by atoms with Crippen LogP contribution in [0, 0.1) is 5.82 Å². The van der Waals surface area contributed by atoms with Crippen LogP contribution in [0.5, 0.6) is 0 Å². The van der Waals surface area contributed by atoms with Gasteiger partial charge in [0.2, 0.25) is 0 Å². The number of carboxylic acids is 1. The lowest BCUT2D eigenvalue weighted by molar-refractivity contribution is -0.137. The molecule has 0 atom stereocenters. The second-order valence-electron chi connectivity index (χ2n) is 4.45. The maximum Gasteiger partial charge on any atom is 0.416 e. The SMILES string of the molecule is O=C(O)/C=C/c1cccc(F)c1-c1cccc(C(F)(F)F)c1. The van der Waals surface area contributed by atoms with Gasteiger partial charge in [-0.15, -0.1) is 0 Å². The van der Waals surface area contributed by atoms with Crippen LogP contribution in [-0.2, 0) is 11.0 Å². The Labute approximate surface area is 123 Å². The number of alkyl halides is 3. The minimum absolute atomic E-state index is 0.0259. The average Bonchev–Trinajstić information content (AvgIpc) is 2.44. The van der Waals surface area contributed by atoms with Crippen molar-refractivity contribution in [1.82, 2.24) is 0 Å². The van der Waals surface area contributed by atoms with Gasteiger partial charge in [-0.25, -0.2) is 9.18 Å². The van der Waals surface area contributed by atoms with E-state index in [-0.39, 0.29) is 16.7 Å². The molecule has 0 fully saturated rings. The largest absolute Gasteiger partial charge is 0.478 e. The predicted molar refractivity (Wildman–Crippen MR) is 73.5 cm³/mol. The molecule has 2 aromatic rings. The van der Waals surface area contributed by atoms with E-state index in [2.05, 4.69) is 0 Å². The molecule has 0 amide bonds. The van der Waals surface area contributed by atoms with Gasteiger partial charge >= 0.3 is 12.1 Å². The van der Waals surface area contributed by atoms with Crippen LogP contribution in [0.15, 0.2) is 48.5 Å². The summed E-state index contributed by atoms with van der Waals surface area (Å²) < 4.78 is 52.3. The van der Waals surface area contributed by atoms with Gasteiger partial charge in [0.1, 0.15) is 5.82 Å². The number of aliphatic carboxylic acids is 1. The van der Waals surface area contributed by atoms with E-state index in [4.69, 9.17) is 5.11 Å². The molecule has 2 nitrogen and oxygen atoms in total. The van der Waals surface area contributed by atoms with E-state index in [9.17, 15) is 22.4 Å². The average molecular weight is 310 g/mol. The number of hydrogen-bond acceptors (Lipinski definition) is 1. The normalized spacial score (nSPS) is 11.8. The molecule has 0 aliphatic rings. The lowest BCUT2D eigenvalue weighted by atomic mass is 9.97. The second kappa shape index (κ2) is 6.01. The number of benzene rings is 2. The molecule has 0 bridgehead atoms. The van der Waals surface area contributed by atoms with Crippen LogP contribution in [0.25, 0.3) is 17.2 Å². The molecule has 0 radical (unpaired) electrons. The Morgan fingerprint density at radius 2 is 1.77 bits per heavy atom. The Bertz CT molecular complexity index is 733. The van der Waals surface area contributed by atoms with E-state index in [1.807, 2.05) is 0 Å². The third-order valence-corrected chi connectivity index (χ3v) is 2.93. The van der Waals surface area contributed by atoms with Crippen LogP contribution in [-0.4, -0.2) is 11.1 Å². The molecule has 2 aromatic carbocycles. The van der Waals surface area contributed by atoms with Crippen molar-refractivity contribution >= 4 is 12.0 Å². The van der Waals surface area contributed by atoms with E-state index in [1.54, 1.807) is 0 Å². The van der Waals surface area contributed by atoms with E-state index in [0.29, 0.717) is 0 Å². The zero-order valence-electron chi connectivity index (χ0n) is 11.1. The molecule has 0 saturated carbocycles. The minimum Gasteiger partial charge on any atom is -0.478 e. The second-order valence-corrected chi connectivity index (χ2v) is 4.45. The van der Waals surface area contributed by atoms with Gasteiger partial charge in [-0.05, 0) is 35.4 Å². The predicted octanol–water partition coefficient (Wildman–Crippen LogP) is 4.61. The van der Waals surface area contributed by atoms with Crippen LogP contribution in [0.3, 0.4) is 0 Å². The zero-order valence-corrected chi connectivity index (χ0v) is 11.1. The van der Waals surface area contributed by atoms with E-state index < -0.39 is 23.5 Å². The molecule has 2 rings (SSSR count). The summed E-state index contributed by atoms with van der Waals surface area (Å²) >= 11 is 0. The van der Waals surface area contributed by atoms with Gasteiger partial charge < -0.3 is 5.11 Å². The van der Waals surface area contributed by atoms with Gasteiger partial charge in [0.25, 0.3) is 0 Å². The van der Waals surface area contributed by atoms with Crippen molar-refractivity contribution in [2.24, 2.45) is 0 Å². The fourth-order valence-corrected chi connectivity index (χ4v) is 2.00. The first-order valence-corrected chi connectivity index (χ1v) is 6.16. The molecule has 22 heavy (non-hydrogen) atoms. The smallest absolute Gasteiger partial charge is 0.416 e. The van der Waals surface area contributed by atoms with Crippen molar-refractivity contribution in [2.45, 2.75) is 6.18 Å². The molecule has 0 aliphatic heterocycles. The molecule has 1 N–H and O–H groups in total. The molecule has 114 valence electrons. The van der Waals surface area contributed by atoms with Crippen molar-refractivity contribution < 1.29 is 27.5 Å². The van der Waals surface area contributed by atoms with Crippen molar-refractivity contribution in [2.75, 3.05) is 0 Å². The van der Waals surface area contributed by atoms with Crippen LogP contribution in [0.1, 0.15) is 11.1 Å². The van der Waals surface area contributed by atoms with Crippen molar-refractivity contribution in [1.29, 1.82) is 0 Å². The Morgan fingerprint density at radius 1 is 1.09 bits per heavy atom. The zero-order chi connectivity index (χ0) is 16.3. The summed E-state index contributed by atoms with van der Waals surface area (Å²) in [5.74, 6) is -1.97. The Balaban J connectivity index is 2.60. The summed E-state index contributed by atoms with van der Waals surface area (Å²) in [7, 11) is 0. The van der Waals surface area contributed by atoms with Crippen LogP contribution in [0.2, 0.25) is 0 Å². The van der Waals surface area contributed by atoms with E-state index in [0.717, 1.165) is 30.4 Å². The summed E-state index contributed by atoms with van der Waals surface area (Å²) in [6, 6.07) is 8.12. The summed E-state index contributed by atoms with van der Waals surface area (Å²) in [6.07, 6.45) is -2.61. The number of carbonyl (C=O) groups is 1. The first kappa shape index (κ1) is 15.8. The Hall–Kier alpha value is -2.63. The highest BCUT2D eigenvalue weighted by atomic mass is 19.4. The highest BCUT2D eigenvalue weighted by molar-refractivity contribution is 5.88. The van der Waals surface area contributed by atoms with Gasteiger partial charge in [-0.3, -0.25) is 0 Å². The lowest BCUT2D eigenvalue weighted by Crippen LogP contribution is -2.04. The number of hydrogen-bond donors (Lipinski definition) is 1. The van der Waals surface area contributed by atoms with Crippen molar-refractivity contribution in [3.05, 3.63) is 65.5 Å². The maximum absolute atomic E-state index is 14.0. The molecular weight excluding hydrogens is 300 g/mol. The molecule has 0 aromatic heterocycles. The first-order valence-electron chi connectivity index (χ1n) is 6.16. The van der Waals surface area contributed by atoms with Crippen molar-refractivity contribution in [3.8, 4) is 11.1 Å². The number of rotatable bonds is 3. The molecular formula is C16H10F4O2. The number of carboxylic acid groups (broad SMARTS) is 1. The van der Waals surface area contributed by atoms with Gasteiger partial charge in [-0.2, -0.15) is 13.2 Å². The quantitative estimate of drug-likeness (QED) is 0.664. The van der Waals surface area contributed by atoms with E-state index in [1.165, 1.54) is 24.3 Å². The third kappa shape index (κ3) is 3.52. The first-order chi connectivity index (χ1) is 10.3. The molecule has 0 unspecified atom stereocenters. The van der Waals surface area contributed by atoms with Crippen LogP contribution < -0.4 is 0 Å². The summed E-state index contributed by atoms with van der Waals surface area (Å²) in [5.41, 5.74) is -0.771. The maximum atomic E-state index is 14.0. The summed E-state index contributed by atoms with van der Waals surface area (Å²) in [4.78, 5) is 10.6. The highest BCUT2D eigenvalue weighted by Crippen LogP contribution is 2.34. The fraction of sp³-hybridized carbons (Fsp3) is 0.0625. The standard InChI is InChI=1S/C16H10F4O2/c17-13-6-2-3-10(7-8-14(21)22)15(13)11-4-1-5-12(9-11)16(18,19)20/h1-9H,(H,21,22)/b8-7+. The van der Waals surface area contributed by atoms with Gasteiger partial charge in [0, 0.05) is 11.6 Å². The van der Waals surface area contributed by atoms with Gasteiger partial charge in [-0.1, -0.05) is 24.3 Å². The van der Waals surface area contributed by atoms with Gasteiger partial charge in [0.05, 0.1) is 5.56 Å². The van der Waals surface area contributed by atoms with E-state index >= 15 is 0 Å². The summed E-state index contributed by atoms with van der Waals surface area (Å²) in [5, 5.41) is 8.63. The monoisotopic (exact) mass is 310 g/mol. The molecule has 0 heterocycles. The fourth-order valence-electron chi connectivity index (χ4n) is 2.00. The lowest BCUT2D eigenvalue weighted by Gasteiger charge is -2.11. The molecule has 0 saturated heterocycles. The minimum atomic E-state index is -4.54. The molecule has 6 heteroatoms. The third-order valence-electron chi connectivity index (χ3n) is 2.93. The highest BCUT2D eigenvalue weighted by Gasteiger charge is 2.30. The van der Waals surface area contributed by atoms with Crippen LogP contribution in [0.4, 0.5) is 17.6 Å². The molecule has 0 aliphatic carbocycles. The van der Waals surface area contributed by atoms with Gasteiger partial charge in [0.15, 0.2) is 0 Å². The topological polar surface area (TPSA) is 37.3 Å². The Kier molecular flexibility index (Phi) is 4.30. The molecule has 0 spiro atoms.